The molecule has 1 aliphatic heterocycles. The van der Waals surface area contributed by atoms with E-state index in [-0.39, 0.29) is 5.91 Å². The number of carbonyl (C=O) groups excluding carboxylic acids is 1. The zero-order valence-corrected chi connectivity index (χ0v) is 20.4. The van der Waals surface area contributed by atoms with Gasteiger partial charge in [0.1, 0.15) is 17.1 Å². The number of benzene rings is 1. The van der Waals surface area contributed by atoms with E-state index in [0.29, 0.717) is 41.6 Å². The Kier molecular flexibility index (Phi) is 7.56. The van der Waals surface area contributed by atoms with E-state index >= 15 is 0 Å². The summed E-state index contributed by atoms with van der Waals surface area (Å²) in [6.07, 6.45) is 5.21. The highest BCUT2D eigenvalue weighted by molar-refractivity contribution is 6.30. The first-order valence-electron chi connectivity index (χ1n) is 11.8. The zero-order valence-electron chi connectivity index (χ0n) is 19.6. The van der Waals surface area contributed by atoms with Gasteiger partial charge in [0.15, 0.2) is 0 Å². The second-order valence-electron chi connectivity index (χ2n) is 9.21. The molecule has 3 aromatic rings. The van der Waals surface area contributed by atoms with Crippen LogP contribution in [0.1, 0.15) is 56.1 Å². The van der Waals surface area contributed by atoms with Gasteiger partial charge in [0.25, 0.3) is 5.91 Å². The normalized spacial score (nSPS) is 18.8. The molecule has 1 aromatic carbocycles. The maximum Gasteiger partial charge on any atom is 0.268 e. The summed E-state index contributed by atoms with van der Waals surface area (Å²) in [4.78, 5) is 22.6. The minimum absolute atomic E-state index is 0.174. The molecule has 33 heavy (non-hydrogen) atoms. The van der Waals surface area contributed by atoms with Crippen molar-refractivity contribution >= 4 is 28.5 Å². The predicted molar refractivity (Wildman–Crippen MR) is 133 cm³/mol. The molecule has 1 saturated heterocycles. The Labute approximate surface area is 200 Å². The zero-order chi connectivity index (χ0) is 23.4. The molecular weight excluding hydrogens is 436 g/mol. The number of ether oxygens (including phenoxy) is 1. The Bertz CT molecular complexity index is 1080. The molecule has 4 rings (SSSR count). The van der Waals surface area contributed by atoms with Crippen LogP contribution in [-0.4, -0.2) is 46.0 Å². The van der Waals surface area contributed by atoms with Crippen molar-refractivity contribution < 1.29 is 9.53 Å². The van der Waals surface area contributed by atoms with E-state index in [1.807, 2.05) is 36.4 Å². The molecule has 1 fully saturated rings. The molecule has 1 amide bonds. The second kappa shape index (κ2) is 10.6. The van der Waals surface area contributed by atoms with Crippen molar-refractivity contribution in [3.05, 3.63) is 58.9 Å². The lowest BCUT2D eigenvalue weighted by atomic mass is 9.96. The molecule has 2 atom stereocenters. The summed E-state index contributed by atoms with van der Waals surface area (Å²) in [5, 5.41) is 4.46. The molecule has 6 nitrogen and oxygen atoms in total. The Balaban J connectivity index is 1.27. The molecule has 176 valence electrons. The lowest BCUT2D eigenvalue weighted by Gasteiger charge is -2.28. The number of aromatic amines is 1. The summed E-state index contributed by atoms with van der Waals surface area (Å²) in [7, 11) is 0. The number of fused-ring (bicyclic) bond motifs is 1. The summed E-state index contributed by atoms with van der Waals surface area (Å²) in [6.45, 7) is 9.22. The van der Waals surface area contributed by atoms with Gasteiger partial charge in [-0.2, -0.15) is 0 Å². The van der Waals surface area contributed by atoms with Gasteiger partial charge in [0.2, 0.25) is 0 Å². The highest BCUT2D eigenvalue weighted by atomic mass is 35.5. The summed E-state index contributed by atoms with van der Waals surface area (Å²) in [5.41, 5.74) is 2.14. The number of pyridine rings is 1. The molecule has 0 aliphatic carbocycles. The van der Waals surface area contributed by atoms with E-state index in [4.69, 9.17) is 16.3 Å². The van der Waals surface area contributed by atoms with Crippen molar-refractivity contribution in [3.8, 4) is 5.75 Å². The van der Waals surface area contributed by atoms with Gasteiger partial charge >= 0.3 is 0 Å². The molecule has 0 saturated carbocycles. The van der Waals surface area contributed by atoms with Crippen LogP contribution in [0.3, 0.4) is 0 Å². The molecule has 0 radical (unpaired) electrons. The topological polar surface area (TPSA) is 70.2 Å². The molecule has 0 spiro atoms. The van der Waals surface area contributed by atoms with E-state index in [1.165, 1.54) is 19.4 Å². The maximum atomic E-state index is 12.5. The summed E-state index contributed by atoms with van der Waals surface area (Å²) in [5.74, 6) is 1.31. The average Bonchev–Trinajstić information content (AvgIpc) is 3.39. The summed E-state index contributed by atoms with van der Waals surface area (Å²) in [6, 6.07) is 12.4. The number of amides is 1. The maximum absolute atomic E-state index is 12.5. The molecule has 2 aromatic heterocycles. The lowest BCUT2D eigenvalue weighted by molar-refractivity contribution is 0.0946. The third kappa shape index (κ3) is 5.87. The third-order valence-corrected chi connectivity index (χ3v) is 6.92. The number of H-pyrrole nitrogens is 1. The van der Waals surface area contributed by atoms with Gasteiger partial charge in [-0.25, -0.2) is 4.98 Å². The average molecular weight is 469 g/mol. The Morgan fingerprint density at radius 3 is 2.82 bits per heavy atom. The highest BCUT2D eigenvalue weighted by Gasteiger charge is 2.31. The van der Waals surface area contributed by atoms with E-state index in [9.17, 15) is 4.79 Å². The van der Waals surface area contributed by atoms with Crippen molar-refractivity contribution in [2.75, 3.05) is 13.2 Å². The van der Waals surface area contributed by atoms with Crippen molar-refractivity contribution in [3.63, 3.8) is 0 Å². The van der Waals surface area contributed by atoms with Gasteiger partial charge in [-0.3, -0.25) is 9.69 Å². The van der Waals surface area contributed by atoms with Crippen LogP contribution in [0, 0.1) is 5.92 Å². The predicted octanol–water partition coefficient (Wildman–Crippen LogP) is 5.42. The van der Waals surface area contributed by atoms with Crippen molar-refractivity contribution in [1.82, 2.24) is 20.2 Å². The van der Waals surface area contributed by atoms with Crippen LogP contribution in [0.25, 0.3) is 11.0 Å². The third-order valence-electron chi connectivity index (χ3n) is 6.67. The Hall–Kier alpha value is -2.57. The van der Waals surface area contributed by atoms with E-state index in [2.05, 4.69) is 41.0 Å². The number of likely N-dealkylation sites (tertiary alicyclic amines) is 1. The van der Waals surface area contributed by atoms with E-state index in [1.54, 1.807) is 6.20 Å². The molecular formula is C26H33ClN4O2. The number of aromatic nitrogens is 2. The van der Waals surface area contributed by atoms with Gasteiger partial charge < -0.3 is 15.0 Å². The Morgan fingerprint density at radius 1 is 1.30 bits per heavy atom. The first-order chi connectivity index (χ1) is 15.9. The quantitative estimate of drug-likeness (QED) is 0.411. The number of halogens is 1. The fourth-order valence-corrected chi connectivity index (χ4v) is 4.88. The van der Waals surface area contributed by atoms with Crippen LogP contribution in [0.5, 0.6) is 5.75 Å². The molecule has 1 unspecified atom stereocenters. The summed E-state index contributed by atoms with van der Waals surface area (Å²) >= 11 is 5.91. The molecule has 3 heterocycles. The largest absolute Gasteiger partial charge is 0.492 e. The van der Waals surface area contributed by atoms with Gasteiger partial charge in [0, 0.05) is 29.0 Å². The first-order valence-corrected chi connectivity index (χ1v) is 12.2. The van der Waals surface area contributed by atoms with Gasteiger partial charge in [-0.05, 0) is 82.3 Å². The Morgan fingerprint density at radius 2 is 2.09 bits per heavy atom. The fraction of sp³-hybridized carbons (Fsp3) is 0.462. The number of hydrogen-bond acceptors (Lipinski definition) is 4. The van der Waals surface area contributed by atoms with Crippen LogP contribution < -0.4 is 10.1 Å². The lowest BCUT2D eigenvalue weighted by Crippen LogP contribution is -2.35. The van der Waals surface area contributed by atoms with Crippen molar-refractivity contribution in [1.29, 1.82) is 0 Å². The fourth-order valence-electron chi connectivity index (χ4n) is 4.76. The van der Waals surface area contributed by atoms with Crippen LogP contribution in [0.15, 0.2) is 42.6 Å². The van der Waals surface area contributed by atoms with Crippen LogP contribution in [0.4, 0.5) is 0 Å². The highest BCUT2D eigenvalue weighted by Crippen LogP contribution is 2.29. The second-order valence-corrected chi connectivity index (χ2v) is 9.65. The van der Waals surface area contributed by atoms with E-state index in [0.717, 1.165) is 29.0 Å². The molecule has 2 N–H and O–H groups in total. The molecule has 0 bridgehead atoms. The standard InChI is InChI=1S/C26H33ClN4O2/c1-17(2)31-11-10-20(18(31)3)5-4-12-33-23-13-21-14-24(30-25(21)28-16-23)26(32)29-15-19-6-8-22(27)9-7-19/h6-9,13-14,16-18,20H,4-5,10-12,15H2,1-3H3,(H,28,30)(H,29,32)/t18-,20?/m1/s1. The van der Waals surface area contributed by atoms with Crippen molar-refractivity contribution in [2.24, 2.45) is 5.92 Å². The number of nitrogens with zero attached hydrogens (tertiary/aromatic N) is 2. The smallest absolute Gasteiger partial charge is 0.268 e. The van der Waals surface area contributed by atoms with Crippen molar-refractivity contribution in [2.45, 2.75) is 58.7 Å². The first kappa shape index (κ1) is 23.6. The monoisotopic (exact) mass is 468 g/mol. The number of hydrogen-bond donors (Lipinski definition) is 2. The molecule has 7 heteroatoms. The van der Waals surface area contributed by atoms with Gasteiger partial charge in [-0.15, -0.1) is 0 Å². The van der Waals surface area contributed by atoms with Gasteiger partial charge in [0.05, 0.1) is 12.8 Å². The number of rotatable bonds is 9. The number of carbonyl (C=O) groups is 1. The summed E-state index contributed by atoms with van der Waals surface area (Å²) < 4.78 is 5.97. The van der Waals surface area contributed by atoms with Crippen LogP contribution >= 0.6 is 11.6 Å². The minimum atomic E-state index is -0.174. The van der Waals surface area contributed by atoms with Crippen LogP contribution in [0.2, 0.25) is 5.02 Å². The SMILES string of the molecule is CC(C)N1CCC(CCCOc2cnc3[nH]c(C(=O)NCc4ccc(Cl)cc4)cc3c2)[C@H]1C. The number of nitrogens with one attached hydrogen (secondary N) is 2. The van der Waals surface area contributed by atoms with Crippen LogP contribution in [-0.2, 0) is 6.54 Å². The minimum Gasteiger partial charge on any atom is -0.492 e. The van der Waals surface area contributed by atoms with Gasteiger partial charge in [-0.1, -0.05) is 23.7 Å². The molecule has 1 aliphatic rings. The van der Waals surface area contributed by atoms with E-state index < -0.39 is 0 Å².